The summed E-state index contributed by atoms with van der Waals surface area (Å²) in [7, 11) is 1.69. The predicted octanol–water partition coefficient (Wildman–Crippen LogP) is 1.80. The number of carbonyl (C=O) groups excluding carboxylic acids is 1. The van der Waals surface area contributed by atoms with Crippen LogP contribution in [-0.4, -0.2) is 19.5 Å². The highest BCUT2D eigenvalue weighted by molar-refractivity contribution is 5.64. The van der Waals surface area contributed by atoms with Crippen molar-refractivity contribution < 1.29 is 9.53 Å². The molecular weight excluding hydrogens is 140 g/mol. The fourth-order valence-corrected chi connectivity index (χ4v) is 1.10. The second kappa shape index (κ2) is 6.10. The molecule has 0 N–H and O–H groups in total. The van der Waals surface area contributed by atoms with E-state index in [1.165, 1.54) is 6.08 Å². The molecule has 0 radical (unpaired) electrons. The summed E-state index contributed by atoms with van der Waals surface area (Å²) in [5, 5.41) is 0. The van der Waals surface area contributed by atoms with Crippen molar-refractivity contribution in [3.05, 3.63) is 12.2 Å². The molecule has 0 unspecified atom stereocenters. The number of ether oxygens (including phenoxy) is 1. The first-order chi connectivity index (χ1) is 5.26. The van der Waals surface area contributed by atoms with Gasteiger partial charge in [-0.3, -0.25) is 4.79 Å². The zero-order valence-electron chi connectivity index (χ0n) is 7.41. The zero-order valence-corrected chi connectivity index (χ0v) is 7.41. The van der Waals surface area contributed by atoms with Crippen molar-refractivity contribution in [3.63, 3.8) is 0 Å². The number of allylic oxidation sites excluding steroid dienone is 1. The van der Waals surface area contributed by atoms with E-state index >= 15 is 0 Å². The number of aldehydes is 1. The molecule has 0 aliphatic rings. The van der Waals surface area contributed by atoms with E-state index in [0.29, 0.717) is 5.92 Å². The predicted molar refractivity (Wildman–Crippen MR) is 45.5 cm³/mol. The van der Waals surface area contributed by atoms with Gasteiger partial charge < -0.3 is 4.74 Å². The molecule has 0 bridgehead atoms. The fraction of sp³-hybridized carbons (Fsp3) is 0.667. The SMILES string of the molecule is CC[C@H](OC)[C@@H](C)/C=C/C=O. The first-order valence-electron chi connectivity index (χ1n) is 3.91. The summed E-state index contributed by atoms with van der Waals surface area (Å²) >= 11 is 0. The molecule has 0 aromatic rings. The summed E-state index contributed by atoms with van der Waals surface area (Å²) in [5.41, 5.74) is 0. The number of hydrogen-bond donors (Lipinski definition) is 0. The van der Waals surface area contributed by atoms with Gasteiger partial charge in [-0.2, -0.15) is 0 Å². The summed E-state index contributed by atoms with van der Waals surface area (Å²) in [4.78, 5) is 9.98. The van der Waals surface area contributed by atoms with Crippen molar-refractivity contribution in [2.24, 2.45) is 5.92 Å². The largest absolute Gasteiger partial charge is 0.381 e. The summed E-state index contributed by atoms with van der Waals surface area (Å²) in [6.07, 6.45) is 5.38. The van der Waals surface area contributed by atoms with Crippen molar-refractivity contribution >= 4 is 6.29 Å². The molecule has 0 fully saturated rings. The molecule has 0 rings (SSSR count). The van der Waals surface area contributed by atoms with E-state index in [0.717, 1.165) is 12.7 Å². The van der Waals surface area contributed by atoms with Gasteiger partial charge in [-0.1, -0.05) is 19.9 Å². The van der Waals surface area contributed by atoms with Gasteiger partial charge in [0, 0.05) is 13.0 Å². The number of carbonyl (C=O) groups is 1. The molecule has 0 aliphatic heterocycles. The van der Waals surface area contributed by atoms with Crippen LogP contribution in [0, 0.1) is 5.92 Å². The molecular formula is C9H16O2. The molecule has 2 heteroatoms. The van der Waals surface area contributed by atoms with Crippen LogP contribution in [0.2, 0.25) is 0 Å². The smallest absolute Gasteiger partial charge is 0.142 e. The van der Waals surface area contributed by atoms with Gasteiger partial charge in [0.05, 0.1) is 6.10 Å². The molecule has 0 aromatic heterocycles. The number of methoxy groups -OCH3 is 1. The lowest BCUT2D eigenvalue weighted by Gasteiger charge is -2.17. The molecule has 0 spiro atoms. The third-order valence-corrected chi connectivity index (χ3v) is 1.78. The third-order valence-electron chi connectivity index (χ3n) is 1.78. The van der Waals surface area contributed by atoms with Crippen LogP contribution in [0.15, 0.2) is 12.2 Å². The molecule has 0 heterocycles. The van der Waals surface area contributed by atoms with E-state index in [-0.39, 0.29) is 6.10 Å². The molecule has 64 valence electrons. The molecule has 2 nitrogen and oxygen atoms in total. The normalized spacial score (nSPS) is 16.6. The average Bonchev–Trinajstić information content (AvgIpc) is 2.03. The Bertz CT molecular complexity index is 126. The highest BCUT2D eigenvalue weighted by atomic mass is 16.5. The second-order valence-corrected chi connectivity index (χ2v) is 2.56. The Labute approximate surface area is 68.2 Å². The Morgan fingerprint density at radius 1 is 1.55 bits per heavy atom. The number of hydrogen-bond acceptors (Lipinski definition) is 2. The van der Waals surface area contributed by atoms with Crippen LogP contribution >= 0.6 is 0 Å². The second-order valence-electron chi connectivity index (χ2n) is 2.56. The minimum atomic E-state index is 0.228. The van der Waals surface area contributed by atoms with Crippen molar-refractivity contribution in [2.45, 2.75) is 26.4 Å². The lowest BCUT2D eigenvalue weighted by molar-refractivity contribution is -0.104. The molecule has 0 saturated heterocycles. The van der Waals surface area contributed by atoms with Gasteiger partial charge in [0.25, 0.3) is 0 Å². The van der Waals surface area contributed by atoms with Gasteiger partial charge in [-0.15, -0.1) is 0 Å². The lowest BCUT2D eigenvalue weighted by atomic mass is 10.0. The Morgan fingerprint density at radius 3 is 2.55 bits per heavy atom. The van der Waals surface area contributed by atoms with Gasteiger partial charge >= 0.3 is 0 Å². The van der Waals surface area contributed by atoms with E-state index in [1.54, 1.807) is 7.11 Å². The third kappa shape index (κ3) is 3.94. The summed E-state index contributed by atoms with van der Waals surface area (Å²) < 4.78 is 5.19. The standard InChI is InChI=1S/C9H16O2/c1-4-9(11-3)8(2)6-5-7-10/h5-9H,4H2,1-3H3/b6-5+/t8-,9-/m0/s1. The van der Waals surface area contributed by atoms with Gasteiger partial charge in [0.2, 0.25) is 0 Å². The van der Waals surface area contributed by atoms with Crippen LogP contribution < -0.4 is 0 Å². The minimum Gasteiger partial charge on any atom is -0.381 e. The van der Waals surface area contributed by atoms with Gasteiger partial charge in [0.1, 0.15) is 6.29 Å². The first-order valence-corrected chi connectivity index (χ1v) is 3.91. The Hall–Kier alpha value is -0.630. The van der Waals surface area contributed by atoms with Gasteiger partial charge in [-0.25, -0.2) is 0 Å². The van der Waals surface area contributed by atoms with Gasteiger partial charge in [-0.05, 0) is 12.5 Å². The summed E-state index contributed by atoms with van der Waals surface area (Å²) in [6, 6.07) is 0. The fourth-order valence-electron chi connectivity index (χ4n) is 1.10. The van der Waals surface area contributed by atoms with Crippen molar-refractivity contribution in [1.29, 1.82) is 0 Å². The molecule has 11 heavy (non-hydrogen) atoms. The Balaban J connectivity index is 3.86. The molecule has 0 saturated carbocycles. The maximum Gasteiger partial charge on any atom is 0.142 e. The van der Waals surface area contributed by atoms with Crippen molar-refractivity contribution in [1.82, 2.24) is 0 Å². The van der Waals surface area contributed by atoms with Crippen LogP contribution in [-0.2, 0) is 9.53 Å². The number of rotatable bonds is 5. The maximum atomic E-state index is 9.98. The van der Waals surface area contributed by atoms with Crippen molar-refractivity contribution in [2.75, 3.05) is 7.11 Å². The van der Waals surface area contributed by atoms with E-state index in [2.05, 4.69) is 6.92 Å². The van der Waals surface area contributed by atoms with E-state index in [4.69, 9.17) is 4.74 Å². The molecule has 0 aromatic carbocycles. The monoisotopic (exact) mass is 156 g/mol. The Morgan fingerprint density at radius 2 is 2.18 bits per heavy atom. The lowest BCUT2D eigenvalue weighted by Crippen LogP contribution is -2.17. The summed E-state index contributed by atoms with van der Waals surface area (Å²) in [6.45, 7) is 4.11. The Kier molecular flexibility index (Phi) is 5.75. The van der Waals surface area contributed by atoms with Crippen LogP contribution in [0.3, 0.4) is 0 Å². The minimum absolute atomic E-state index is 0.228. The van der Waals surface area contributed by atoms with Crippen molar-refractivity contribution in [3.8, 4) is 0 Å². The average molecular weight is 156 g/mol. The highest BCUT2D eigenvalue weighted by Gasteiger charge is 2.10. The highest BCUT2D eigenvalue weighted by Crippen LogP contribution is 2.10. The molecule has 2 atom stereocenters. The maximum absolute atomic E-state index is 9.98. The molecule has 0 amide bonds. The first kappa shape index (κ1) is 10.4. The van der Waals surface area contributed by atoms with E-state index in [9.17, 15) is 4.79 Å². The van der Waals surface area contributed by atoms with Crippen LogP contribution in [0.1, 0.15) is 20.3 Å². The van der Waals surface area contributed by atoms with Crippen LogP contribution in [0.25, 0.3) is 0 Å². The van der Waals surface area contributed by atoms with Crippen LogP contribution in [0.5, 0.6) is 0 Å². The topological polar surface area (TPSA) is 26.3 Å². The van der Waals surface area contributed by atoms with Crippen LogP contribution in [0.4, 0.5) is 0 Å². The van der Waals surface area contributed by atoms with E-state index in [1.807, 2.05) is 13.0 Å². The summed E-state index contributed by atoms with van der Waals surface area (Å²) in [5.74, 6) is 0.315. The van der Waals surface area contributed by atoms with E-state index < -0.39 is 0 Å². The quantitative estimate of drug-likeness (QED) is 0.448. The zero-order chi connectivity index (χ0) is 8.69. The molecule has 0 aliphatic carbocycles. The van der Waals surface area contributed by atoms with Gasteiger partial charge in [0.15, 0.2) is 0 Å².